The Kier molecular flexibility index (Phi) is 6.91. The number of hydrogen-bond donors (Lipinski definition) is 2. The highest BCUT2D eigenvalue weighted by Crippen LogP contribution is 2.30. The molecule has 0 spiro atoms. The Bertz CT molecular complexity index is 853. The molecule has 0 radical (unpaired) electrons. The molecule has 5 heteroatoms. The van der Waals surface area contributed by atoms with Crippen molar-refractivity contribution in [3.63, 3.8) is 0 Å². The van der Waals surface area contributed by atoms with Crippen molar-refractivity contribution in [3.05, 3.63) is 59.2 Å². The number of nitrogens with one attached hydrogen (secondary N) is 2. The molecule has 1 aliphatic rings. The van der Waals surface area contributed by atoms with Crippen LogP contribution in [0.15, 0.2) is 42.5 Å². The Morgan fingerprint density at radius 2 is 1.52 bits per heavy atom. The molecular weight excluding hydrogens is 364 g/mol. The van der Waals surface area contributed by atoms with Crippen LogP contribution in [0.2, 0.25) is 0 Å². The fraction of sp³-hybridized carbons (Fsp3) is 0.417. The minimum absolute atomic E-state index is 0.0149. The van der Waals surface area contributed by atoms with Gasteiger partial charge in [0.1, 0.15) is 5.75 Å². The Morgan fingerprint density at radius 1 is 0.897 bits per heavy atom. The van der Waals surface area contributed by atoms with Gasteiger partial charge in [0.2, 0.25) is 11.8 Å². The Labute approximate surface area is 172 Å². The first-order valence-corrected chi connectivity index (χ1v) is 10.2. The monoisotopic (exact) mass is 394 g/mol. The summed E-state index contributed by atoms with van der Waals surface area (Å²) in [6.07, 6.45) is 2.99. The molecule has 29 heavy (non-hydrogen) atoms. The molecule has 2 amide bonds. The maximum Gasteiger partial charge on any atom is 0.227 e. The first kappa shape index (κ1) is 20.9. The number of amides is 2. The Balaban J connectivity index is 1.44. The zero-order valence-electron chi connectivity index (χ0n) is 17.5. The summed E-state index contributed by atoms with van der Waals surface area (Å²) in [5.74, 6) is 0.901. The number of ether oxygens (including phenoxy) is 1. The van der Waals surface area contributed by atoms with Crippen LogP contribution in [-0.4, -0.2) is 18.9 Å². The van der Waals surface area contributed by atoms with Crippen LogP contribution in [-0.2, 0) is 16.1 Å². The summed E-state index contributed by atoms with van der Waals surface area (Å²) in [5.41, 5.74) is 4.27. The predicted octanol–water partition coefficient (Wildman–Crippen LogP) is 4.37. The van der Waals surface area contributed by atoms with E-state index in [1.165, 1.54) is 11.1 Å². The first-order valence-electron chi connectivity index (χ1n) is 10.2. The maximum absolute atomic E-state index is 12.6. The smallest absolute Gasteiger partial charge is 0.227 e. The zero-order chi connectivity index (χ0) is 20.8. The molecule has 0 unspecified atom stereocenters. The minimum Gasteiger partial charge on any atom is -0.497 e. The molecule has 1 saturated carbocycles. The number of aryl methyl sites for hydroxylation is 2. The molecule has 2 aromatic rings. The highest BCUT2D eigenvalue weighted by Gasteiger charge is 2.29. The van der Waals surface area contributed by atoms with Crippen molar-refractivity contribution in [2.45, 2.75) is 46.1 Å². The fourth-order valence-electron chi connectivity index (χ4n) is 3.76. The van der Waals surface area contributed by atoms with Crippen LogP contribution in [0.1, 0.15) is 42.4 Å². The van der Waals surface area contributed by atoms with E-state index in [0.717, 1.165) is 42.7 Å². The van der Waals surface area contributed by atoms with Gasteiger partial charge in [-0.2, -0.15) is 0 Å². The van der Waals surface area contributed by atoms with Gasteiger partial charge in [0.25, 0.3) is 0 Å². The van der Waals surface area contributed by atoms with Crippen LogP contribution in [0, 0.1) is 25.7 Å². The van der Waals surface area contributed by atoms with Crippen LogP contribution in [0.3, 0.4) is 0 Å². The summed E-state index contributed by atoms with van der Waals surface area (Å²) >= 11 is 0. The van der Waals surface area contributed by atoms with Crippen molar-refractivity contribution in [3.8, 4) is 5.75 Å². The van der Waals surface area contributed by atoms with E-state index in [0.29, 0.717) is 6.54 Å². The number of anilines is 1. The lowest BCUT2D eigenvalue weighted by molar-refractivity contribution is -0.128. The molecule has 2 N–H and O–H groups in total. The van der Waals surface area contributed by atoms with Gasteiger partial charge in [-0.3, -0.25) is 9.59 Å². The second kappa shape index (κ2) is 9.59. The lowest BCUT2D eigenvalue weighted by Gasteiger charge is -2.27. The van der Waals surface area contributed by atoms with Crippen molar-refractivity contribution in [2.24, 2.45) is 11.8 Å². The van der Waals surface area contributed by atoms with Crippen molar-refractivity contribution >= 4 is 17.5 Å². The molecule has 3 rings (SSSR count). The van der Waals surface area contributed by atoms with E-state index in [2.05, 4.69) is 17.6 Å². The van der Waals surface area contributed by atoms with E-state index in [1.54, 1.807) is 7.11 Å². The van der Waals surface area contributed by atoms with Gasteiger partial charge in [0, 0.05) is 24.1 Å². The van der Waals surface area contributed by atoms with Crippen molar-refractivity contribution < 1.29 is 14.3 Å². The Morgan fingerprint density at radius 3 is 2.10 bits per heavy atom. The van der Waals surface area contributed by atoms with Crippen LogP contribution in [0.4, 0.5) is 5.69 Å². The van der Waals surface area contributed by atoms with E-state index in [4.69, 9.17) is 4.74 Å². The van der Waals surface area contributed by atoms with Crippen LogP contribution < -0.4 is 15.4 Å². The fourth-order valence-corrected chi connectivity index (χ4v) is 3.76. The molecule has 1 fully saturated rings. The third-order valence-electron chi connectivity index (χ3n) is 5.87. The summed E-state index contributed by atoms with van der Waals surface area (Å²) in [7, 11) is 1.63. The normalized spacial score (nSPS) is 18.7. The SMILES string of the molecule is COc1ccc(CNC(=O)C2CCC(C(=O)Nc3ccc(C)c(C)c3)CC2)cc1. The largest absolute Gasteiger partial charge is 0.497 e. The topological polar surface area (TPSA) is 67.4 Å². The standard InChI is InChI=1S/C24H30N2O3/c1-16-4-11-21(14-17(16)2)26-24(28)20-9-7-19(8-10-20)23(27)25-15-18-5-12-22(29-3)13-6-18/h4-6,11-14,19-20H,7-10,15H2,1-3H3,(H,25,27)(H,26,28). The van der Waals surface area contributed by atoms with E-state index < -0.39 is 0 Å². The lowest BCUT2D eigenvalue weighted by Crippen LogP contribution is -2.35. The average Bonchev–Trinajstić information content (AvgIpc) is 2.75. The van der Waals surface area contributed by atoms with Crippen LogP contribution in [0.5, 0.6) is 5.75 Å². The number of hydrogen-bond acceptors (Lipinski definition) is 3. The van der Waals surface area contributed by atoms with Crippen LogP contribution >= 0.6 is 0 Å². The zero-order valence-corrected chi connectivity index (χ0v) is 17.5. The number of carbonyl (C=O) groups is 2. The molecule has 154 valence electrons. The van der Waals surface area contributed by atoms with Gasteiger partial charge in [-0.25, -0.2) is 0 Å². The second-order valence-electron chi connectivity index (χ2n) is 7.90. The van der Waals surface area contributed by atoms with Gasteiger partial charge in [-0.1, -0.05) is 18.2 Å². The van der Waals surface area contributed by atoms with Crippen LogP contribution in [0.25, 0.3) is 0 Å². The van der Waals surface area contributed by atoms with Gasteiger partial charge in [-0.05, 0) is 80.5 Å². The number of methoxy groups -OCH3 is 1. The van der Waals surface area contributed by atoms with Crippen molar-refractivity contribution in [2.75, 3.05) is 12.4 Å². The van der Waals surface area contributed by atoms with Gasteiger partial charge in [-0.15, -0.1) is 0 Å². The molecular formula is C24H30N2O3. The van der Waals surface area contributed by atoms with E-state index in [-0.39, 0.29) is 23.7 Å². The average molecular weight is 395 g/mol. The van der Waals surface area contributed by atoms with Gasteiger partial charge in [0.15, 0.2) is 0 Å². The predicted molar refractivity (Wildman–Crippen MR) is 115 cm³/mol. The molecule has 0 atom stereocenters. The van der Waals surface area contributed by atoms with E-state index in [9.17, 15) is 9.59 Å². The first-order chi connectivity index (χ1) is 14.0. The summed E-state index contributed by atoms with van der Waals surface area (Å²) in [6.45, 7) is 4.61. The van der Waals surface area contributed by atoms with E-state index >= 15 is 0 Å². The highest BCUT2D eigenvalue weighted by atomic mass is 16.5. The summed E-state index contributed by atoms with van der Waals surface area (Å²) in [6, 6.07) is 13.7. The molecule has 0 saturated heterocycles. The van der Waals surface area contributed by atoms with Gasteiger partial charge >= 0.3 is 0 Å². The maximum atomic E-state index is 12.6. The molecule has 0 heterocycles. The molecule has 1 aliphatic carbocycles. The molecule has 0 bridgehead atoms. The van der Waals surface area contributed by atoms with Gasteiger partial charge < -0.3 is 15.4 Å². The van der Waals surface area contributed by atoms with Gasteiger partial charge in [0.05, 0.1) is 7.11 Å². The number of carbonyl (C=O) groups excluding carboxylic acids is 2. The summed E-state index contributed by atoms with van der Waals surface area (Å²) < 4.78 is 5.15. The van der Waals surface area contributed by atoms with E-state index in [1.807, 2.05) is 49.4 Å². The third-order valence-corrected chi connectivity index (χ3v) is 5.87. The quantitative estimate of drug-likeness (QED) is 0.764. The van der Waals surface area contributed by atoms with Crippen molar-refractivity contribution in [1.29, 1.82) is 0 Å². The summed E-state index contributed by atoms with van der Waals surface area (Å²) in [4.78, 5) is 25.1. The summed E-state index contributed by atoms with van der Waals surface area (Å²) in [5, 5.41) is 6.05. The molecule has 2 aromatic carbocycles. The molecule has 0 aromatic heterocycles. The second-order valence-corrected chi connectivity index (χ2v) is 7.90. The Hall–Kier alpha value is -2.82. The minimum atomic E-state index is -0.0257. The number of rotatable bonds is 6. The van der Waals surface area contributed by atoms with Crippen molar-refractivity contribution in [1.82, 2.24) is 5.32 Å². The molecule has 5 nitrogen and oxygen atoms in total. The highest BCUT2D eigenvalue weighted by molar-refractivity contribution is 5.93. The third kappa shape index (κ3) is 5.59. The molecule has 0 aliphatic heterocycles. The lowest BCUT2D eigenvalue weighted by atomic mass is 9.81. The number of benzene rings is 2.